The van der Waals surface area contributed by atoms with Gasteiger partial charge in [0.05, 0.1) is 29.7 Å². The highest BCUT2D eigenvalue weighted by Crippen LogP contribution is 2.49. The maximum absolute atomic E-state index is 13.8. The topological polar surface area (TPSA) is 130 Å². The number of carbonyl (C=O) groups excluding carboxylic acids is 1. The number of fused-ring (bicyclic) bond motifs is 8. The molecule has 0 saturated heterocycles. The van der Waals surface area contributed by atoms with Crippen LogP contribution >= 0.6 is 0 Å². The second-order valence-electron chi connectivity index (χ2n) is 17.0. The maximum atomic E-state index is 13.8. The summed E-state index contributed by atoms with van der Waals surface area (Å²) in [6.07, 6.45) is 21.2. The van der Waals surface area contributed by atoms with Crippen LogP contribution in [0.25, 0.3) is 6.08 Å². The molecule has 2 aromatic carbocycles. The predicted octanol–water partition coefficient (Wildman–Crippen LogP) is 7.92. The number of benzene rings is 2. The summed E-state index contributed by atoms with van der Waals surface area (Å²) in [7, 11) is 0. The van der Waals surface area contributed by atoms with E-state index >= 15 is 0 Å². The molecule has 5 heterocycles. The van der Waals surface area contributed by atoms with Crippen molar-refractivity contribution in [2.24, 2.45) is 28.0 Å². The molecule has 2 aromatic rings. The Balaban J connectivity index is 1.13. The quantitative estimate of drug-likeness (QED) is 0.119. The molecule has 1 saturated carbocycles. The highest BCUT2D eigenvalue weighted by atomic mass is 16.5. The van der Waals surface area contributed by atoms with Crippen LogP contribution in [-0.4, -0.2) is 45.5 Å². The first-order valence-corrected chi connectivity index (χ1v) is 21.7. The summed E-state index contributed by atoms with van der Waals surface area (Å²) in [6, 6.07) is 9.82. The van der Waals surface area contributed by atoms with Crippen molar-refractivity contribution in [1.82, 2.24) is 10.2 Å². The van der Waals surface area contributed by atoms with Gasteiger partial charge in [0.15, 0.2) is 17.7 Å². The summed E-state index contributed by atoms with van der Waals surface area (Å²) in [4.78, 5) is 20.9. The highest BCUT2D eigenvalue weighted by Gasteiger charge is 2.48. The Kier molecular flexibility index (Phi) is 12.1. The second kappa shape index (κ2) is 17.6. The number of aliphatic hydroxyl groups excluding tert-OH is 2. The molecule has 58 heavy (non-hydrogen) atoms. The molecule has 9 nitrogen and oxygen atoms in total. The van der Waals surface area contributed by atoms with Crippen LogP contribution in [0.1, 0.15) is 137 Å². The van der Waals surface area contributed by atoms with Gasteiger partial charge in [-0.1, -0.05) is 101 Å². The Morgan fingerprint density at radius 2 is 1.84 bits per heavy atom. The van der Waals surface area contributed by atoms with Crippen LogP contribution in [0.5, 0.6) is 11.5 Å². The first-order chi connectivity index (χ1) is 28.3. The second-order valence-corrected chi connectivity index (χ2v) is 17.0. The van der Waals surface area contributed by atoms with Crippen molar-refractivity contribution in [3.63, 3.8) is 0 Å². The van der Waals surface area contributed by atoms with E-state index in [-0.39, 0.29) is 17.9 Å². The summed E-state index contributed by atoms with van der Waals surface area (Å²) in [5.41, 5.74) is 13.8. The third kappa shape index (κ3) is 8.10. The number of nitrogens with one attached hydrogen (secondary N) is 1. The molecule has 0 unspecified atom stereocenters. The molecule has 1 aliphatic carbocycles. The molecule has 304 valence electrons. The molecule has 0 amide bonds. The Bertz CT molecular complexity index is 2140. The minimum atomic E-state index is -1.05. The molecule has 0 aromatic heterocycles. The van der Waals surface area contributed by atoms with Gasteiger partial charge in [-0.25, -0.2) is 0 Å². The van der Waals surface area contributed by atoms with Gasteiger partial charge >= 0.3 is 0 Å². The van der Waals surface area contributed by atoms with Gasteiger partial charge in [0, 0.05) is 36.7 Å². The Morgan fingerprint density at radius 3 is 2.66 bits per heavy atom. The number of rotatable bonds is 13. The van der Waals surface area contributed by atoms with Crippen LogP contribution in [0.4, 0.5) is 0 Å². The normalized spacial score (nSPS) is 24.2. The lowest BCUT2D eigenvalue weighted by atomic mass is 9.73. The zero-order valence-electron chi connectivity index (χ0n) is 34.1. The molecule has 6 aliphatic rings. The number of ether oxygens (including phenoxy) is 2. The zero-order chi connectivity index (χ0) is 40.2. The van der Waals surface area contributed by atoms with Crippen molar-refractivity contribution >= 4 is 17.6 Å². The number of nitrogens with zero attached hydrogens (tertiary/aromatic N) is 2. The van der Waals surface area contributed by atoms with Crippen LogP contribution in [-0.2, 0) is 17.6 Å². The number of aryl methyl sites for hydroxylation is 1. The number of carbonyl (C=O) groups is 1. The lowest BCUT2D eigenvalue weighted by Gasteiger charge is -2.39. The van der Waals surface area contributed by atoms with Crippen molar-refractivity contribution in [3.05, 3.63) is 87.9 Å². The molecular formula is C49H58N4O5. The predicted molar refractivity (Wildman–Crippen MR) is 227 cm³/mol. The molecule has 6 atom stereocenters. The fraction of sp³-hybridized carbons (Fsp3) is 0.510. The lowest BCUT2D eigenvalue weighted by Crippen LogP contribution is -2.47. The summed E-state index contributed by atoms with van der Waals surface area (Å²) in [5, 5.41) is 26.3. The van der Waals surface area contributed by atoms with E-state index in [1.54, 1.807) is 0 Å². The maximum Gasteiger partial charge on any atom is 0.187 e. The average Bonchev–Trinajstić information content (AvgIpc) is 3.97. The number of hydrogen-bond donors (Lipinski definition) is 4. The van der Waals surface area contributed by atoms with Crippen LogP contribution in [0.15, 0.2) is 65.1 Å². The van der Waals surface area contributed by atoms with Gasteiger partial charge in [-0.15, -0.1) is 0 Å². The minimum Gasteiger partial charge on any atom is -0.465 e. The van der Waals surface area contributed by atoms with Crippen molar-refractivity contribution in [1.29, 1.82) is 0 Å². The van der Waals surface area contributed by atoms with Gasteiger partial charge in [-0.05, 0) is 89.9 Å². The van der Waals surface area contributed by atoms with Crippen LogP contribution in [0.3, 0.4) is 0 Å². The zero-order valence-corrected chi connectivity index (χ0v) is 34.1. The molecule has 8 rings (SSSR count). The standard InChI is InChI=1S/C49H58N4O5/c1-3-5-7-11-37(42(54)12-8-6-4-2)44(56)18-13-32-14-20-45-46(27-32)58-48-40(49(24-26-57-45)22-9-10-23-49)17-19-43(55)35-15-16-36-34(21-25-51-47(36)50)38(35)28-33-29-52-41-31-53(48)30-39(33)41/h14-16,20-21,25,27,29-30,37,40,42-43,47-48,51,54-55H,3-13,18,22-23,28,31,50H2,1-2H3/t37-,40+,42-,43+,47+,48+/m1/s1. The SMILES string of the molecule is CCCCC[C@@H](O)[C@@H](CCCCC)C(=O)CCc1ccc2c(c1)O[C@H]1[C@H](C#C[C@H](O)c3ccc4c(c3CC3=CN=C5CN1C=C35)C=CN[C@@H]4N)C1(C#CO2)CCCC1. The van der Waals surface area contributed by atoms with Gasteiger partial charge in [-0.2, -0.15) is 0 Å². The molecule has 5 N–H and O–H groups in total. The number of aliphatic hydroxyl groups is 2. The van der Waals surface area contributed by atoms with E-state index in [4.69, 9.17) is 20.2 Å². The first-order valence-electron chi connectivity index (χ1n) is 21.7. The fourth-order valence-electron chi connectivity index (χ4n) is 9.80. The number of allylic oxidation sites excluding steroid dienone is 1. The number of hydrogen-bond acceptors (Lipinski definition) is 9. The van der Waals surface area contributed by atoms with Gasteiger partial charge in [0.1, 0.15) is 24.2 Å². The summed E-state index contributed by atoms with van der Waals surface area (Å²) in [5.74, 6) is 10.9. The summed E-state index contributed by atoms with van der Waals surface area (Å²) in [6.45, 7) is 4.86. The minimum absolute atomic E-state index is 0.126. The van der Waals surface area contributed by atoms with Crippen molar-refractivity contribution in [3.8, 4) is 35.4 Å². The largest absolute Gasteiger partial charge is 0.465 e. The number of Topliss-reactive ketones (excluding diaryl/α,β-unsaturated/α-hetero) is 1. The van der Waals surface area contributed by atoms with Gasteiger partial charge in [0.2, 0.25) is 0 Å². The monoisotopic (exact) mass is 782 g/mol. The summed E-state index contributed by atoms with van der Waals surface area (Å²) >= 11 is 0. The van der Waals surface area contributed by atoms with Gasteiger partial charge in [0.25, 0.3) is 0 Å². The molecule has 9 heteroatoms. The van der Waals surface area contributed by atoms with Crippen molar-refractivity contribution in [2.75, 3.05) is 6.54 Å². The third-order valence-corrected chi connectivity index (χ3v) is 13.2. The molecular weight excluding hydrogens is 725 g/mol. The highest BCUT2D eigenvalue weighted by molar-refractivity contribution is 6.09. The molecule has 0 radical (unpaired) electrons. The van der Waals surface area contributed by atoms with E-state index in [9.17, 15) is 15.0 Å². The first kappa shape index (κ1) is 40.0. The molecule has 1 fully saturated rings. The Labute approximate surface area is 343 Å². The van der Waals surface area contributed by atoms with Gasteiger partial charge in [-0.3, -0.25) is 9.79 Å². The smallest absolute Gasteiger partial charge is 0.187 e. The number of aliphatic imine (C=N–C) groups is 1. The van der Waals surface area contributed by atoms with E-state index in [2.05, 4.69) is 54.1 Å². The average molecular weight is 783 g/mol. The molecule has 1 spiro atoms. The van der Waals surface area contributed by atoms with E-state index in [1.807, 2.05) is 48.8 Å². The molecule has 5 aliphatic heterocycles. The van der Waals surface area contributed by atoms with Crippen molar-refractivity contribution in [2.45, 2.75) is 135 Å². The van der Waals surface area contributed by atoms with E-state index in [1.165, 1.54) is 0 Å². The summed E-state index contributed by atoms with van der Waals surface area (Å²) < 4.78 is 13.3. The van der Waals surface area contributed by atoms with Crippen LogP contribution in [0.2, 0.25) is 0 Å². The van der Waals surface area contributed by atoms with Crippen LogP contribution < -0.4 is 20.5 Å². The van der Waals surface area contributed by atoms with E-state index < -0.39 is 29.8 Å². The van der Waals surface area contributed by atoms with Gasteiger partial charge < -0.3 is 35.6 Å². The molecule has 2 bridgehead atoms. The Morgan fingerprint density at radius 1 is 1.05 bits per heavy atom. The number of ketones is 1. The van der Waals surface area contributed by atoms with Crippen molar-refractivity contribution < 1.29 is 24.5 Å². The van der Waals surface area contributed by atoms with E-state index in [0.717, 1.165) is 115 Å². The fourth-order valence-corrected chi connectivity index (χ4v) is 9.80. The third-order valence-electron chi connectivity index (χ3n) is 13.2. The Hall–Kier alpha value is -4.80. The van der Waals surface area contributed by atoms with Crippen LogP contribution in [0, 0.1) is 41.1 Å². The lowest BCUT2D eigenvalue weighted by molar-refractivity contribution is -0.126. The van der Waals surface area contributed by atoms with E-state index in [0.29, 0.717) is 43.7 Å². The number of unbranched alkanes of at least 4 members (excludes halogenated alkanes) is 4. The number of nitrogens with two attached hydrogens (primary N) is 1.